The van der Waals surface area contributed by atoms with E-state index < -0.39 is 11.8 Å². The van der Waals surface area contributed by atoms with E-state index in [9.17, 15) is 9.18 Å². The van der Waals surface area contributed by atoms with Crippen molar-refractivity contribution in [2.24, 2.45) is 5.73 Å². The molecule has 0 fully saturated rings. The molecule has 0 aliphatic carbocycles. The maximum Gasteiger partial charge on any atom is 0.343 e. The number of ether oxygens (including phenoxy) is 2. The SMILES string of the molecule is COC(=O)COc1ccc(F)cc1C(C)N. The summed E-state index contributed by atoms with van der Waals surface area (Å²) in [7, 11) is 1.27. The second-order valence-electron chi connectivity index (χ2n) is 3.34. The lowest BCUT2D eigenvalue weighted by atomic mass is 10.1. The molecule has 0 radical (unpaired) electrons. The van der Waals surface area contributed by atoms with Crippen LogP contribution < -0.4 is 10.5 Å². The summed E-state index contributed by atoms with van der Waals surface area (Å²) >= 11 is 0. The van der Waals surface area contributed by atoms with Gasteiger partial charge in [-0.25, -0.2) is 9.18 Å². The van der Waals surface area contributed by atoms with Gasteiger partial charge in [0.1, 0.15) is 11.6 Å². The van der Waals surface area contributed by atoms with Gasteiger partial charge in [-0.3, -0.25) is 0 Å². The zero-order chi connectivity index (χ0) is 12.1. The van der Waals surface area contributed by atoms with Crippen molar-refractivity contribution in [3.05, 3.63) is 29.6 Å². The molecule has 0 heterocycles. The minimum Gasteiger partial charge on any atom is -0.482 e. The van der Waals surface area contributed by atoms with Crippen molar-refractivity contribution in [2.45, 2.75) is 13.0 Å². The molecule has 0 aliphatic heterocycles. The molecule has 0 amide bonds. The summed E-state index contributed by atoms with van der Waals surface area (Å²) in [4.78, 5) is 10.9. The van der Waals surface area contributed by atoms with Crippen LogP contribution in [0, 0.1) is 5.82 Å². The minimum atomic E-state index is -0.500. The van der Waals surface area contributed by atoms with Gasteiger partial charge in [-0.2, -0.15) is 0 Å². The van der Waals surface area contributed by atoms with E-state index in [1.807, 2.05) is 0 Å². The fourth-order valence-electron chi connectivity index (χ4n) is 1.20. The third-order valence-electron chi connectivity index (χ3n) is 2.04. The van der Waals surface area contributed by atoms with Gasteiger partial charge in [-0.05, 0) is 25.1 Å². The van der Waals surface area contributed by atoms with E-state index in [-0.39, 0.29) is 12.6 Å². The summed E-state index contributed by atoms with van der Waals surface area (Å²) in [5.41, 5.74) is 6.18. The lowest BCUT2D eigenvalue weighted by Gasteiger charge is -2.13. The van der Waals surface area contributed by atoms with E-state index in [1.54, 1.807) is 6.92 Å². The third-order valence-corrected chi connectivity index (χ3v) is 2.04. The van der Waals surface area contributed by atoms with Crippen LogP contribution >= 0.6 is 0 Å². The largest absolute Gasteiger partial charge is 0.482 e. The Bertz CT molecular complexity index is 379. The molecule has 1 atom stereocenters. The van der Waals surface area contributed by atoms with Gasteiger partial charge in [-0.15, -0.1) is 0 Å². The number of esters is 1. The summed E-state index contributed by atoms with van der Waals surface area (Å²) < 4.78 is 22.6. The first kappa shape index (κ1) is 12.4. The molecule has 0 spiro atoms. The van der Waals surface area contributed by atoms with Gasteiger partial charge in [0.2, 0.25) is 0 Å². The summed E-state index contributed by atoms with van der Waals surface area (Å²) in [6.45, 7) is 1.49. The molecule has 2 N–H and O–H groups in total. The summed E-state index contributed by atoms with van der Waals surface area (Å²) in [6, 6.07) is 3.61. The Morgan fingerprint density at radius 1 is 1.56 bits per heavy atom. The second kappa shape index (κ2) is 5.46. The molecule has 5 heteroatoms. The Hall–Kier alpha value is -1.62. The van der Waals surface area contributed by atoms with Crippen molar-refractivity contribution in [3.8, 4) is 5.75 Å². The highest BCUT2D eigenvalue weighted by Gasteiger charge is 2.11. The van der Waals surface area contributed by atoms with Crippen LogP contribution in [0.1, 0.15) is 18.5 Å². The standard InChI is InChI=1S/C11H14FNO3/c1-7(13)9-5-8(12)3-4-10(9)16-6-11(14)15-2/h3-5,7H,6,13H2,1-2H3. The minimum absolute atomic E-state index is 0.220. The number of carbonyl (C=O) groups excluding carboxylic acids is 1. The van der Waals surface area contributed by atoms with Crippen LogP contribution in [0.2, 0.25) is 0 Å². The van der Waals surface area contributed by atoms with Crippen molar-refractivity contribution < 1.29 is 18.7 Å². The molecule has 1 rings (SSSR count). The average Bonchev–Trinajstić information content (AvgIpc) is 2.26. The van der Waals surface area contributed by atoms with Gasteiger partial charge in [0, 0.05) is 11.6 Å². The van der Waals surface area contributed by atoms with Crippen molar-refractivity contribution in [1.82, 2.24) is 0 Å². The van der Waals surface area contributed by atoms with Crippen LogP contribution in [0.15, 0.2) is 18.2 Å². The van der Waals surface area contributed by atoms with E-state index in [2.05, 4.69) is 4.74 Å². The first-order valence-electron chi connectivity index (χ1n) is 4.79. The molecular formula is C11H14FNO3. The first-order chi connectivity index (χ1) is 7.54. The van der Waals surface area contributed by atoms with Gasteiger partial charge in [-0.1, -0.05) is 0 Å². The zero-order valence-corrected chi connectivity index (χ0v) is 9.20. The van der Waals surface area contributed by atoms with Gasteiger partial charge >= 0.3 is 5.97 Å². The van der Waals surface area contributed by atoms with Crippen LogP contribution in [0.3, 0.4) is 0 Å². The number of halogens is 1. The van der Waals surface area contributed by atoms with Crippen molar-refractivity contribution >= 4 is 5.97 Å². The summed E-state index contributed by atoms with van der Waals surface area (Å²) in [5.74, 6) is -0.500. The lowest BCUT2D eigenvalue weighted by molar-refractivity contribution is -0.142. The first-order valence-corrected chi connectivity index (χ1v) is 4.79. The Morgan fingerprint density at radius 2 is 2.25 bits per heavy atom. The molecule has 1 unspecified atom stereocenters. The Kier molecular flexibility index (Phi) is 4.25. The number of hydrogen-bond donors (Lipinski definition) is 1. The van der Waals surface area contributed by atoms with Gasteiger partial charge in [0.05, 0.1) is 7.11 Å². The van der Waals surface area contributed by atoms with Gasteiger partial charge < -0.3 is 15.2 Å². The summed E-state index contributed by atoms with van der Waals surface area (Å²) in [6.07, 6.45) is 0. The molecule has 88 valence electrons. The Balaban J connectivity index is 2.82. The fraction of sp³-hybridized carbons (Fsp3) is 0.364. The topological polar surface area (TPSA) is 61.5 Å². The molecule has 0 saturated carbocycles. The van der Waals surface area contributed by atoms with E-state index in [1.165, 1.54) is 25.3 Å². The quantitative estimate of drug-likeness (QED) is 0.790. The highest BCUT2D eigenvalue weighted by molar-refractivity contribution is 5.70. The summed E-state index contributed by atoms with van der Waals surface area (Å²) in [5, 5.41) is 0. The molecule has 1 aromatic carbocycles. The average molecular weight is 227 g/mol. The Morgan fingerprint density at radius 3 is 2.81 bits per heavy atom. The Labute approximate surface area is 93.2 Å². The van der Waals surface area contributed by atoms with Crippen molar-refractivity contribution in [1.29, 1.82) is 0 Å². The number of hydrogen-bond acceptors (Lipinski definition) is 4. The van der Waals surface area contributed by atoms with E-state index in [0.717, 1.165) is 0 Å². The van der Waals surface area contributed by atoms with E-state index in [4.69, 9.17) is 10.5 Å². The van der Waals surface area contributed by atoms with Gasteiger partial charge in [0.15, 0.2) is 6.61 Å². The highest BCUT2D eigenvalue weighted by atomic mass is 19.1. The van der Waals surface area contributed by atoms with Crippen LogP contribution in [0.4, 0.5) is 4.39 Å². The van der Waals surface area contributed by atoms with Gasteiger partial charge in [0.25, 0.3) is 0 Å². The highest BCUT2D eigenvalue weighted by Crippen LogP contribution is 2.24. The van der Waals surface area contributed by atoms with Crippen LogP contribution in [0.25, 0.3) is 0 Å². The third kappa shape index (κ3) is 3.20. The van der Waals surface area contributed by atoms with Crippen LogP contribution in [0.5, 0.6) is 5.75 Å². The molecular weight excluding hydrogens is 213 g/mol. The normalized spacial score (nSPS) is 12.0. The lowest BCUT2D eigenvalue weighted by Crippen LogP contribution is -2.15. The monoisotopic (exact) mass is 227 g/mol. The predicted molar refractivity (Wildman–Crippen MR) is 56.5 cm³/mol. The van der Waals surface area contributed by atoms with E-state index >= 15 is 0 Å². The molecule has 16 heavy (non-hydrogen) atoms. The molecule has 0 aliphatic rings. The van der Waals surface area contributed by atoms with Crippen molar-refractivity contribution in [3.63, 3.8) is 0 Å². The van der Waals surface area contributed by atoms with Crippen molar-refractivity contribution in [2.75, 3.05) is 13.7 Å². The molecule has 0 bridgehead atoms. The fourth-order valence-corrected chi connectivity index (χ4v) is 1.20. The smallest absolute Gasteiger partial charge is 0.343 e. The number of nitrogens with two attached hydrogens (primary N) is 1. The predicted octanol–water partition coefficient (Wildman–Crippen LogP) is 1.40. The van der Waals surface area contributed by atoms with Crippen LogP contribution in [-0.4, -0.2) is 19.7 Å². The number of methoxy groups -OCH3 is 1. The number of benzene rings is 1. The van der Waals surface area contributed by atoms with E-state index in [0.29, 0.717) is 11.3 Å². The maximum atomic E-state index is 13.0. The zero-order valence-electron chi connectivity index (χ0n) is 9.20. The molecule has 0 aromatic heterocycles. The van der Waals surface area contributed by atoms with Crippen LogP contribution in [-0.2, 0) is 9.53 Å². The molecule has 4 nitrogen and oxygen atoms in total. The maximum absolute atomic E-state index is 13.0. The number of carbonyl (C=O) groups is 1. The molecule has 1 aromatic rings. The second-order valence-corrected chi connectivity index (χ2v) is 3.34. The molecule has 0 saturated heterocycles. The number of rotatable bonds is 4.